The van der Waals surface area contributed by atoms with Crippen molar-refractivity contribution in [2.45, 2.75) is 32.8 Å². The van der Waals surface area contributed by atoms with E-state index in [1.807, 2.05) is 0 Å². The first-order valence-corrected chi connectivity index (χ1v) is 7.58. The lowest BCUT2D eigenvalue weighted by molar-refractivity contribution is -0.153. The highest BCUT2D eigenvalue weighted by atomic mass is 35.5. The number of nitrogens with zero attached hydrogens (tertiary/aromatic N) is 1. The van der Waals surface area contributed by atoms with Crippen molar-refractivity contribution in [1.29, 1.82) is 0 Å². The van der Waals surface area contributed by atoms with Gasteiger partial charge in [-0.2, -0.15) is 0 Å². The predicted molar refractivity (Wildman–Crippen MR) is 90.5 cm³/mol. The molecule has 0 saturated carbocycles. The minimum Gasteiger partial charge on any atom is -0.494 e. The normalized spacial score (nSPS) is 11.8. The number of carbonyl (C=O) groups excluding carboxylic acids is 2. The molecule has 0 radical (unpaired) electrons. The second-order valence-corrected chi connectivity index (χ2v) is 6.48. The van der Waals surface area contributed by atoms with E-state index < -0.39 is 17.5 Å². The van der Waals surface area contributed by atoms with E-state index in [0.29, 0.717) is 0 Å². The second kappa shape index (κ2) is 8.21. The Morgan fingerprint density at radius 1 is 1.21 bits per heavy atom. The van der Waals surface area contributed by atoms with Crippen LogP contribution in [0.25, 0.3) is 0 Å². The third-order valence-electron chi connectivity index (χ3n) is 2.46. The van der Waals surface area contributed by atoms with E-state index in [1.165, 1.54) is 19.2 Å². The summed E-state index contributed by atoms with van der Waals surface area (Å²) in [6.07, 6.45) is -0.328. The van der Waals surface area contributed by atoms with Gasteiger partial charge >= 0.3 is 11.9 Å². The molecule has 132 valence electrons. The fourth-order valence-corrected chi connectivity index (χ4v) is 2.09. The number of nitrogens with two attached hydrogens (primary N) is 1. The van der Waals surface area contributed by atoms with Crippen LogP contribution >= 0.6 is 23.2 Å². The summed E-state index contributed by atoms with van der Waals surface area (Å²) < 4.78 is 10.1. The lowest BCUT2D eigenvalue weighted by Crippen LogP contribution is -2.27. The zero-order chi connectivity index (χ0) is 18.5. The number of ether oxygens (including phenoxy) is 2. The van der Waals surface area contributed by atoms with Crippen LogP contribution in [-0.4, -0.2) is 30.5 Å². The Bertz CT molecular complexity index is 669. The Kier molecular flexibility index (Phi) is 6.86. The maximum absolute atomic E-state index is 12.1. The Labute approximate surface area is 149 Å². The van der Waals surface area contributed by atoms with Gasteiger partial charge in [0.05, 0.1) is 17.2 Å². The second-order valence-electron chi connectivity index (χ2n) is 5.66. The molecule has 7 nitrogen and oxygen atoms in total. The molecule has 0 unspecified atom stereocenters. The van der Waals surface area contributed by atoms with Gasteiger partial charge in [-0.15, -0.1) is 0 Å². The van der Waals surface area contributed by atoms with Gasteiger partial charge in [0, 0.05) is 0 Å². The van der Waals surface area contributed by atoms with Gasteiger partial charge in [0.2, 0.25) is 0 Å². The molecule has 1 rings (SSSR count). The molecular formula is C15H18Cl2N2O5. The summed E-state index contributed by atoms with van der Waals surface area (Å²) in [5.74, 6) is -1.70. The molecule has 0 spiro atoms. The zero-order valence-electron chi connectivity index (χ0n) is 13.7. The molecule has 2 N–H and O–H groups in total. The number of esters is 1. The minimum absolute atomic E-state index is 0.0510. The van der Waals surface area contributed by atoms with Gasteiger partial charge in [-0.25, -0.2) is 4.79 Å². The van der Waals surface area contributed by atoms with Crippen LogP contribution in [0.5, 0.6) is 5.75 Å². The first-order valence-electron chi connectivity index (χ1n) is 6.82. The molecule has 0 fully saturated rings. The standard InChI is InChI=1S/C15H18Cl2N2O5/c1-15(2,3)23-11(20)7-10(18)19-24-14(21)12-8(16)5-6-9(17)13(12)22-4/h5-6H,7H2,1-4H3,(H2,18,19). The fraction of sp³-hybridized carbons (Fsp3) is 0.400. The third kappa shape index (κ3) is 5.90. The van der Waals surface area contributed by atoms with Gasteiger partial charge in [-0.3, -0.25) is 4.79 Å². The lowest BCUT2D eigenvalue weighted by Gasteiger charge is -2.19. The largest absolute Gasteiger partial charge is 0.494 e. The fourth-order valence-electron chi connectivity index (χ4n) is 1.63. The van der Waals surface area contributed by atoms with Crippen molar-refractivity contribution >= 4 is 41.0 Å². The highest BCUT2D eigenvalue weighted by Gasteiger charge is 2.22. The maximum Gasteiger partial charge on any atom is 0.371 e. The van der Waals surface area contributed by atoms with Crippen molar-refractivity contribution in [3.63, 3.8) is 0 Å². The summed E-state index contributed by atoms with van der Waals surface area (Å²) in [5, 5.41) is 3.66. The van der Waals surface area contributed by atoms with Gasteiger partial charge in [0.25, 0.3) is 0 Å². The van der Waals surface area contributed by atoms with E-state index in [-0.39, 0.29) is 33.6 Å². The van der Waals surface area contributed by atoms with Gasteiger partial charge < -0.3 is 20.0 Å². The first kappa shape index (κ1) is 20.1. The van der Waals surface area contributed by atoms with Crippen LogP contribution in [0.2, 0.25) is 10.0 Å². The number of hydrogen-bond acceptors (Lipinski definition) is 6. The Morgan fingerprint density at radius 3 is 2.33 bits per heavy atom. The number of halogens is 2. The summed E-state index contributed by atoms with van der Waals surface area (Å²) in [7, 11) is 1.33. The van der Waals surface area contributed by atoms with Crippen LogP contribution in [0.1, 0.15) is 37.6 Å². The zero-order valence-corrected chi connectivity index (χ0v) is 15.2. The Morgan fingerprint density at radius 2 is 1.79 bits per heavy atom. The summed E-state index contributed by atoms with van der Waals surface area (Å²) in [6.45, 7) is 5.14. The molecule has 0 atom stereocenters. The van der Waals surface area contributed by atoms with Crippen LogP contribution in [0.3, 0.4) is 0 Å². The predicted octanol–water partition coefficient (Wildman–Crippen LogP) is 3.16. The number of hydrogen-bond donors (Lipinski definition) is 1. The molecule has 0 amide bonds. The lowest BCUT2D eigenvalue weighted by atomic mass is 10.2. The van der Waals surface area contributed by atoms with Crippen molar-refractivity contribution in [2.24, 2.45) is 10.9 Å². The van der Waals surface area contributed by atoms with Crippen molar-refractivity contribution < 1.29 is 23.9 Å². The summed E-state index contributed by atoms with van der Waals surface area (Å²) in [5.41, 5.74) is 4.79. The van der Waals surface area contributed by atoms with E-state index in [2.05, 4.69) is 5.16 Å². The molecule has 0 aromatic heterocycles. The molecular weight excluding hydrogens is 359 g/mol. The average Bonchev–Trinajstić information content (AvgIpc) is 2.44. The topological polar surface area (TPSA) is 100 Å². The maximum atomic E-state index is 12.1. The van der Waals surface area contributed by atoms with Crippen molar-refractivity contribution in [3.05, 3.63) is 27.7 Å². The average molecular weight is 377 g/mol. The van der Waals surface area contributed by atoms with Gasteiger partial charge in [-0.1, -0.05) is 28.4 Å². The van der Waals surface area contributed by atoms with Crippen LogP contribution in [0, 0.1) is 0 Å². The molecule has 1 aromatic rings. The number of methoxy groups -OCH3 is 1. The summed E-state index contributed by atoms with van der Waals surface area (Å²) in [4.78, 5) is 28.4. The van der Waals surface area contributed by atoms with Crippen molar-refractivity contribution in [3.8, 4) is 5.75 Å². The third-order valence-corrected chi connectivity index (χ3v) is 3.07. The number of amidine groups is 1. The van der Waals surface area contributed by atoms with Gasteiger partial charge in [0.15, 0.2) is 11.6 Å². The van der Waals surface area contributed by atoms with Gasteiger partial charge in [-0.05, 0) is 32.9 Å². The number of oxime groups is 1. The van der Waals surface area contributed by atoms with E-state index in [4.69, 9.17) is 43.2 Å². The van der Waals surface area contributed by atoms with Crippen LogP contribution in [0.15, 0.2) is 17.3 Å². The molecule has 0 bridgehead atoms. The minimum atomic E-state index is -0.925. The smallest absolute Gasteiger partial charge is 0.371 e. The van der Waals surface area contributed by atoms with E-state index in [0.717, 1.165) is 0 Å². The molecule has 0 aliphatic carbocycles. The first-order chi connectivity index (χ1) is 11.0. The van der Waals surface area contributed by atoms with Crippen molar-refractivity contribution in [1.82, 2.24) is 0 Å². The van der Waals surface area contributed by atoms with Crippen molar-refractivity contribution in [2.75, 3.05) is 7.11 Å². The number of rotatable bonds is 5. The number of benzene rings is 1. The summed E-state index contributed by atoms with van der Waals surface area (Å²) >= 11 is 11.9. The molecule has 9 heteroatoms. The molecule has 1 aromatic carbocycles. The Hall–Kier alpha value is -1.99. The quantitative estimate of drug-likeness (QED) is 0.278. The van der Waals surface area contributed by atoms with E-state index in [1.54, 1.807) is 20.8 Å². The van der Waals surface area contributed by atoms with Crippen LogP contribution < -0.4 is 10.5 Å². The molecule has 0 aliphatic rings. The molecule has 0 heterocycles. The number of carbonyl (C=O) groups is 2. The molecule has 24 heavy (non-hydrogen) atoms. The molecule has 0 saturated heterocycles. The van der Waals surface area contributed by atoms with E-state index in [9.17, 15) is 9.59 Å². The molecule has 0 aliphatic heterocycles. The Balaban J connectivity index is 2.82. The SMILES string of the molecule is COc1c(Cl)ccc(Cl)c1C(=O)O/N=C(\N)CC(=O)OC(C)(C)C. The van der Waals surface area contributed by atoms with Crippen LogP contribution in [-0.2, 0) is 14.4 Å². The monoisotopic (exact) mass is 376 g/mol. The highest BCUT2D eigenvalue weighted by Crippen LogP contribution is 2.34. The van der Waals surface area contributed by atoms with Crippen LogP contribution in [0.4, 0.5) is 0 Å². The van der Waals surface area contributed by atoms with Gasteiger partial charge in [0.1, 0.15) is 17.6 Å². The summed E-state index contributed by atoms with van der Waals surface area (Å²) in [6, 6.07) is 2.89. The highest BCUT2D eigenvalue weighted by molar-refractivity contribution is 6.37. The van der Waals surface area contributed by atoms with E-state index >= 15 is 0 Å².